The summed E-state index contributed by atoms with van der Waals surface area (Å²) in [6, 6.07) is 9.04. The van der Waals surface area contributed by atoms with Crippen LogP contribution in [0.4, 0.5) is 0 Å². The van der Waals surface area contributed by atoms with Crippen molar-refractivity contribution >= 4 is 40.7 Å². The van der Waals surface area contributed by atoms with Gasteiger partial charge in [0.2, 0.25) is 0 Å². The molecule has 4 nitrogen and oxygen atoms in total. The fourth-order valence-electron chi connectivity index (χ4n) is 3.22. The molecule has 1 saturated carbocycles. The molecule has 25 heavy (non-hydrogen) atoms. The van der Waals surface area contributed by atoms with Crippen LogP contribution in [-0.2, 0) is 17.2 Å². The fourth-order valence-corrected chi connectivity index (χ4v) is 4.57. The molecular formula is C19H32IN3OS. The van der Waals surface area contributed by atoms with E-state index < -0.39 is 10.8 Å². The lowest BCUT2D eigenvalue weighted by Crippen LogP contribution is -2.47. The largest absolute Gasteiger partial charge is 0.356 e. The first kappa shape index (κ1) is 22.4. The topological polar surface area (TPSA) is 53.5 Å². The normalized spacial score (nSPS) is 22.0. The number of aliphatic imine (C=N–C) groups is 1. The van der Waals surface area contributed by atoms with Crippen LogP contribution in [0.5, 0.6) is 0 Å². The second kappa shape index (κ2) is 11.9. The number of guanidine groups is 1. The van der Waals surface area contributed by atoms with Crippen molar-refractivity contribution in [2.45, 2.75) is 57.2 Å². The van der Waals surface area contributed by atoms with E-state index in [1.807, 2.05) is 14.0 Å². The summed E-state index contributed by atoms with van der Waals surface area (Å²) in [7, 11) is 1.13. The van der Waals surface area contributed by atoms with E-state index in [2.05, 4.69) is 46.8 Å². The second-order valence-electron chi connectivity index (χ2n) is 6.53. The molecule has 0 aliphatic heterocycles. The number of nitrogens with zero attached hydrogens (tertiary/aromatic N) is 1. The minimum Gasteiger partial charge on any atom is -0.356 e. The molecule has 3 atom stereocenters. The molecular weight excluding hydrogens is 445 g/mol. The first-order chi connectivity index (χ1) is 11.6. The van der Waals surface area contributed by atoms with E-state index in [1.54, 1.807) is 0 Å². The Balaban J connectivity index is 0.00000312. The summed E-state index contributed by atoms with van der Waals surface area (Å²) in [5.74, 6) is 1.62. The molecule has 1 aromatic carbocycles. The summed E-state index contributed by atoms with van der Waals surface area (Å²) >= 11 is 0. The molecule has 0 aromatic heterocycles. The van der Waals surface area contributed by atoms with E-state index >= 15 is 0 Å². The van der Waals surface area contributed by atoms with Crippen LogP contribution in [0.1, 0.15) is 43.7 Å². The molecule has 2 N–H and O–H groups in total. The average molecular weight is 477 g/mol. The first-order valence-corrected chi connectivity index (χ1v) is 10.4. The van der Waals surface area contributed by atoms with Gasteiger partial charge in [-0.2, -0.15) is 0 Å². The van der Waals surface area contributed by atoms with Gasteiger partial charge in [0.25, 0.3) is 0 Å². The van der Waals surface area contributed by atoms with Crippen molar-refractivity contribution in [2.24, 2.45) is 4.99 Å². The van der Waals surface area contributed by atoms with Crippen LogP contribution in [-0.4, -0.2) is 40.8 Å². The molecule has 142 valence electrons. The van der Waals surface area contributed by atoms with Crippen LogP contribution in [0.2, 0.25) is 0 Å². The van der Waals surface area contributed by atoms with Crippen LogP contribution in [0, 0.1) is 6.92 Å². The highest BCUT2D eigenvalue weighted by atomic mass is 127. The van der Waals surface area contributed by atoms with Crippen LogP contribution in [0.25, 0.3) is 0 Å². The highest BCUT2D eigenvalue weighted by Gasteiger charge is 2.25. The lowest BCUT2D eigenvalue weighted by atomic mass is 9.95. The molecule has 0 bridgehead atoms. The number of rotatable bonds is 6. The van der Waals surface area contributed by atoms with Gasteiger partial charge in [-0.3, -0.25) is 9.20 Å². The Bertz CT molecular complexity index is 562. The van der Waals surface area contributed by atoms with E-state index in [4.69, 9.17) is 0 Å². The molecule has 1 aliphatic rings. The van der Waals surface area contributed by atoms with Gasteiger partial charge in [0.1, 0.15) is 0 Å². The van der Waals surface area contributed by atoms with Gasteiger partial charge in [-0.05, 0) is 38.2 Å². The number of hydrogen-bond acceptors (Lipinski definition) is 2. The molecule has 0 saturated heterocycles. The molecule has 0 radical (unpaired) electrons. The Morgan fingerprint density at radius 3 is 2.64 bits per heavy atom. The highest BCUT2D eigenvalue weighted by Crippen LogP contribution is 2.22. The zero-order chi connectivity index (χ0) is 17.4. The van der Waals surface area contributed by atoms with Crippen LogP contribution in [0.15, 0.2) is 29.3 Å². The van der Waals surface area contributed by atoms with E-state index in [0.717, 1.165) is 50.4 Å². The Hall–Kier alpha value is -0.630. The fraction of sp³-hybridized carbons (Fsp3) is 0.632. The molecule has 1 fully saturated rings. The molecule has 0 spiro atoms. The Morgan fingerprint density at radius 2 is 2.00 bits per heavy atom. The van der Waals surface area contributed by atoms with Crippen molar-refractivity contribution in [3.05, 3.63) is 35.4 Å². The van der Waals surface area contributed by atoms with Gasteiger partial charge in [-0.25, -0.2) is 0 Å². The predicted octanol–water partition coefficient (Wildman–Crippen LogP) is 3.40. The van der Waals surface area contributed by atoms with E-state index in [1.165, 1.54) is 11.1 Å². The van der Waals surface area contributed by atoms with Crippen LogP contribution in [0.3, 0.4) is 0 Å². The van der Waals surface area contributed by atoms with E-state index in [-0.39, 0.29) is 24.0 Å². The lowest BCUT2D eigenvalue weighted by molar-refractivity contribution is 0.413. The molecule has 1 aliphatic carbocycles. The molecule has 0 amide bonds. The molecule has 1 aromatic rings. The SMILES string of the molecule is CCS(=O)C1CCCC(NC(=NC)NCCc2ccc(C)cc2)C1.I. The van der Waals surface area contributed by atoms with E-state index in [0.29, 0.717) is 11.3 Å². The Kier molecular flexibility index (Phi) is 10.7. The number of hydrogen-bond donors (Lipinski definition) is 2. The monoisotopic (exact) mass is 477 g/mol. The third-order valence-electron chi connectivity index (χ3n) is 4.67. The maximum Gasteiger partial charge on any atom is 0.191 e. The van der Waals surface area contributed by atoms with Crippen molar-refractivity contribution in [3.8, 4) is 0 Å². The standard InChI is InChI=1S/C19H31N3OS.HI/c1-4-24(23)18-7-5-6-17(14-18)22-19(20-3)21-13-12-16-10-8-15(2)9-11-16;/h8-11,17-18H,4-7,12-14H2,1-3H3,(H2,20,21,22);1H. The third-order valence-corrected chi connectivity index (χ3v) is 6.41. The van der Waals surface area contributed by atoms with Gasteiger partial charge in [0.15, 0.2) is 5.96 Å². The maximum atomic E-state index is 12.1. The number of nitrogens with one attached hydrogen (secondary N) is 2. The molecule has 0 heterocycles. The second-order valence-corrected chi connectivity index (χ2v) is 8.54. The quantitative estimate of drug-likeness (QED) is 0.375. The summed E-state index contributed by atoms with van der Waals surface area (Å²) in [6.45, 7) is 4.98. The van der Waals surface area contributed by atoms with Crippen molar-refractivity contribution < 1.29 is 4.21 Å². The summed E-state index contributed by atoms with van der Waals surface area (Å²) in [5.41, 5.74) is 2.63. The third kappa shape index (κ3) is 7.64. The summed E-state index contributed by atoms with van der Waals surface area (Å²) in [5, 5.41) is 7.26. The molecule has 6 heteroatoms. The minimum atomic E-state index is -0.683. The van der Waals surface area contributed by atoms with Gasteiger partial charge in [0.05, 0.1) is 0 Å². The first-order valence-electron chi connectivity index (χ1n) is 9.02. The zero-order valence-electron chi connectivity index (χ0n) is 15.6. The average Bonchev–Trinajstić information content (AvgIpc) is 2.62. The van der Waals surface area contributed by atoms with Gasteiger partial charge in [-0.15, -0.1) is 24.0 Å². The van der Waals surface area contributed by atoms with Crippen LogP contribution < -0.4 is 10.6 Å². The summed E-state index contributed by atoms with van der Waals surface area (Å²) in [6.07, 6.45) is 5.34. The predicted molar refractivity (Wildman–Crippen MR) is 120 cm³/mol. The molecule has 3 unspecified atom stereocenters. The van der Waals surface area contributed by atoms with Crippen molar-refractivity contribution in [3.63, 3.8) is 0 Å². The molecule has 2 rings (SSSR count). The van der Waals surface area contributed by atoms with Crippen molar-refractivity contribution in [2.75, 3.05) is 19.3 Å². The van der Waals surface area contributed by atoms with Gasteiger partial charge >= 0.3 is 0 Å². The number of aryl methyl sites for hydroxylation is 1. The lowest BCUT2D eigenvalue weighted by Gasteiger charge is -2.30. The summed E-state index contributed by atoms with van der Waals surface area (Å²) < 4.78 is 12.1. The van der Waals surface area contributed by atoms with Crippen LogP contribution >= 0.6 is 24.0 Å². The highest BCUT2D eigenvalue weighted by molar-refractivity contribution is 14.0. The minimum absolute atomic E-state index is 0. The summed E-state index contributed by atoms with van der Waals surface area (Å²) in [4.78, 5) is 4.34. The van der Waals surface area contributed by atoms with Gasteiger partial charge in [-0.1, -0.05) is 43.2 Å². The van der Waals surface area contributed by atoms with E-state index in [9.17, 15) is 4.21 Å². The Morgan fingerprint density at radius 1 is 1.28 bits per heavy atom. The van der Waals surface area contributed by atoms with Gasteiger partial charge in [0, 0.05) is 41.4 Å². The van der Waals surface area contributed by atoms with Crippen molar-refractivity contribution in [1.82, 2.24) is 10.6 Å². The maximum absolute atomic E-state index is 12.1. The number of halogens is 1. The smallest absolute Gasteiger partial charge is 0.191 e. The Labute approximate surface area is 172 Å². The zero-order valence-corrected chi connectivity index (χ0v) is 18.7. The van der Waals surface area contributed by atoms with Gasteiger partial charge < -0.3 is 10.6 Å². The number of benzene rings is 1. The van der Waals surface area contributed by atoms with Crippen molar-refractivity contribution in [1.29, 1.82) is 0 Å².